The number of anilines is 1. The third kappa shape index (κ3) is 4.08. The van der Waals surface area contributed by atoms with Crippen LogP contribution in [0.15, 0.2) is 58.3 Å². The van der Waals surface area contributed by atoms with E-state index in [0.29, 0.717) is 27.6 Å². The number of H-pyrrole nitrogens is 1. The van der Waals surface area contributed by atoms with E-state index in [1.165, 1.54) is 18.9 Å². The van der Waals surface area contributed by atoms with Crippen LogP contribution in [0, 0.1) is 0 Å². The number of para-hydroxylation sites is 1. The number of halogens is 1. The standard InChI is InChI=1S/C20H17ClN4O3S/c1-11(18(26)23-16-9-12(21)7-8-17(16)27-2)29-20-25-24-19(28-20)14-10-22-15-6-4-3-5-13(14)15/h3-11,22H,1-2H3,(H,23,26). The molecule has 0 saturated heterocycles. The minimum atomic E-state index is -0.477. The van der Waals surface area contributed by atoms with Gasteiger partial charge < -0.3 is 19.5 Å². The van der Waals surface area contributed by atoms with Gasteiger partial charge in [0.05, 0.1) is 23.6 Å². The molecule has 1 unspecified atom stereocenters. The Hall–Kier alpha value is -2.97. The second kappa shape index (κ2) is 8.18. The highest BCUT2D eigenvalue weighted by Crippen LogP contribution is 2.32. The molecule has 4 aromatic rings. The number of benzene rings is 2. The van der Waals surface area contributed by atoms with E-state index >= 15 is 0 Å². The molecule has 0 saturated carbocycles. The molecule has 0 fully saturated rings. The Morgan fingerprint density at radius 1 is 1.28 bits per heavy atom. The van der Waals surface area contributed by atoms with Crippen molar-refractivity contribution in [1.29, 1.82) is 0 Å². The van der Waals surface area contributed by atoms with Crippen molar-refractivity contribution < 1.29 is 13.9 Å². The molecule has 29 heavy (non-hydrogen) atoms. The summed E-state index contributed by atoms with van der Waals surface area (Å²) in [6, 6.07) is 12.9. The predicted molar refractivity (Wildman–Crippen MR) is 114 cm³/mol. The maximum absolute atomic E-state index is 12.6. The van der Waals surface area contributed by atoms with Gasteiger partial charge in [-0.05, 0) is 31.2 Å². The van der Waals surface area contributed by atoms with Gasteiger partial charge in [-0.1, -0.05) is 41.6 Å². The van der Waals surface area contributed by atoms with Gasteiger partial charge in [0.2, 0.25) is 5.91 Å². The smallest absolute Gasteiger partial charge is 0.277 e. The summed E-state index contributed by atoms with van der Waals surface area (Å²) < 4.78 is 11.0. The number of carbonyl (C=O) groups is 1. The molecule has 2 N–H and O–H groups in total. The summed E-state index contributed by atoms with van der Waals surface area (Å²) in [7, 11) is 1.53. The van der Waals surface area contributed by atoms with E-state index in [9.17, 15) is 4.79 Å². The number of amides is 1. The van der Waals surface area contributed by atoms with Crippen molar-refractivity contribution in [3.63, 3.8) is 0 Å². The van der Waals surface area contributed by atoms with Crippen LogP contribution in [-0.2, 0) is 4.79 Å². The number of methoxy groups -OCH3 is 1. The molecule has 148 valence electrons. The fourth-order valence-corrected chi connectivity index (χ4v) is 3.69. The highest BCUT2D eigenvalue weighted by Gasteiger charge is 2.21. The van der Waals surface area contributed by atoms with Crippen molar-refractivity contribution in [2.75, 3.05) is 12.4 Å². The lowest BCUT2D eigenvalue weighted by molar-refractivity contribution is -0.115. The third-order valence-electron chi connectivity index (χ3n) is 4.29. The van der Waals surface area contributed by atoms with Crippen LogP contribution in [0.5, 0.6) is 5.75 Å². The van der Waals surface area contributed by atoms with Crippen molar-refractivity contribution in [2.24, 2.45) is 0 Å². The molecular formula is C20H17ClN4O3S. The highest BCUT2D eigenvalue weighted by molar-refractivity contribution is 8.00. The summed E-state index contributed by atoms with van der Waals surface area (Å²) in [6.45, 7) is 1.76. The Kier molecular flexibility index (Phi) is 5.46. The lowest BCUT2D eigenvalue weighted by Crippen LogP contribution is -2.22. The Balaban J connectivity index is 1.47. The Morgan fingerprint density at radius 3 is 2.93 bits per heavy atom. The first kappa shape index (κ1) is 19.4. The number of hydrogen-bond acceptors (Lipinski definition) is 6. The van der Waals surface area contributed by atoms with Gasteiger partial charge in [-0.3, -0.25) is 4.79 Å². The van der Waals surface area contributed by atoms with E-state index in [2.05, 4.69) is 20.5 Å². The van der Waals surface area contributed by atoms with Crippen LogP contribution in [0.3, 0.4) is 0 Å². The molecule has 2 heterocycles. The zero-order chi connectivity index (χ0) is 20.4. The molecule has 0 aliphatic rings. The molecule has 9 heteroatoms. The number of hydrogen-bond donors (Lipinski definition) is 2. The van der Waals surface area contributed by atoms with Gasteiger partial charge in [0.25, 0.3) is 11.1 Å². The molecule has 1 atom stereocenters. The normalized spacial score (nSPS) is 12.1. The number of aromatic nitrogens is 3. The van der Waals surface area contributed by atoms with Crippen LogP contribution < -0.4 is 10.1 Å². The number of nitrogens with zero attached hydrogens (tertiary/aromatic N) is 2. The van der Waals surface area contributed by atoms with E-state index in [0.717, 1.165) is 16.5 Å². The van der Waals surface area contributed by atoms with Crippen molar-refractivity contribution in [2.45, 2.75) is 17.4 Å². The van der Waals surface area contributed by atoms with E-state index < -0.39 is 5.25 Å². The van der Waals surface area contributed by atoms with Crippen LogP contribution in [-0.4, -0.2) is 33.4 Å². The van der Waals surface area contributed by atoms with Gasteiger partial charge in [-0.25, -0.2) is 0 Å². The van der Waals surface area contributed by atoms with Crippen molar-refractivity contribution >= 4 is 45.9 Å². The van der Waals surface area contributed by atoms with E-state index in [1.54, 1.807) is 25.1 Å². The average Bonchev–Trinajstić information content (AvgIpc) is 3.34. The summed E-state index contributed by atoms with van der Waals surface area (Å²) in [5.41, 5.74) is 2.31. The molecule has 4 rings (SSSR count). The zero-order valence-electron chi connectivity index (χ0n) is 15.6. The van der Waals surface area contributed by atoms with Crippen LogP contribution >= 0.6 is 23.4 Å². The first-order chi connectivity index (χ1) is 14.0. The lowest BCUT2D eigenvalue weighted by Gasteiger charge is -2.13. The molecule has 0 spiro atoms. The van der Waals surface area contributed by atoms with Crippen LogP contribution in [0.2, 0.25) is 5.02 Å². The van der Waals surface area contributed by atoms with Gasteiger partial charge in [0, 0.05) is 22.1 Å². The van der Waals surface area contributed by atoms with Gasteiger partial charge in [0.15, 0.2) is 0 Å². The van der Waals surface area contributed by atoms with Gasteiger partial charge in [-0.2, -0.15) is 0 Å². The molecule has 2 aromatic carbocycles. The van der Waals surface area contributed by atoms with Crippen LogP contribution in [0.25, 0.3) is 22.4 Å². The zero-order valence-corrected chi connectivity index (χ0v) is 17.2. The van der Waals surface area contributed by atoms with Crippen molar-refractivity contribution in [3.05, 3.63) is 53.7 Å². The number of ether oxygens (including phenoxy) is 1. The number of nitrogens with one attached hydrogen (secondary N) is 2. The highest BCUT2D eigenvalue weighted by atomic mass is 35.5. The maximum Gasteiger partial charge on any atom is 0.277 e. The fourth-order valence-electron chi connectivity index (χ4n) is 2.83. The van der Waals surface area contributed by atoms with Gasteiger partial charge >= 0.3 is 0 Å². The minimum absolute atomic E-state index is 0.234. The Morgan fingerprint density at radius 2 is 2.10 bits per heavy atom. The molecule has 1 amide bonds. The topological polar surface area (TPSA) is 93.0 Å². The SMILES string of the molecule is COc1ccc(Cl)cc1NC(=O)C(C)Sc1nnc(-c2c[nH]c3ccccc23)o1. The summed E-state index contributed by atoms with van der Waals surface area (Å²) in [6.07, 6.45) is 1.83. The second-order valence-corrected chi connectivity index (χ2v) is 7.94. The van der Waals surface area contributed by atoms with E-state index in [1.807, 2.05) is 30.5 Å². The first-order valence-electron chi connectivity index (χ1n) is 8.76. The Labute approximate surface area is 175 Å². The predicted octanol–water partition coefficient (Wildman–Crippen LogP) is 5.00. The van der Waals surface area contributed by atoms with Gasteiger partial charge in [0.1, 0.15) is 5.75 Å². The summed E-state index contributed by atoms with van der Waals surface area (Å²) in [5, 5.41) is 12.3. The third-order valence-corrected chi connectivity index (χ3v) is 5.46. The monoisotopic (exact) mass is 428 g/mol. The van der Waals surface area contributed by atoms with Crippen LogP contribution in [0.4, 0.5) is 5.69 Å². The van der Waals surface area contributed by atoms with E-state index in [4.69, 9.17) is 20.8 Å². The quantitative estimate of drug-likeness (QED) is 0.420. The van der Waals surface area contributed by atoms with Crippen LogP contribution in [0.1, 0.15) is 6.92 Å². The summed E-state index contributed by atoms with van der Waals surface area (Å²) in [4.78, 5) is 15.8. The lowest BCUT2D eigenvalue weighted by atomic mass is 10.2. The summed E-state index contributed by atoms with van der Waals surface area (Å²) >= 11 is 7.19. The number of thioether (sulfide) groups is 1. The van der Waals surface area contributed by atoms with Crippen molar-refractivity contribution in [3.8, 4) is 17.2 Å². The van der Waals surface area contributed by atoms with Gasteiger partial charge in [-0.15, -0.1) is 10.2 Å². The minimum Gasteiger partial charge on any atom is -0.495 e. The molecule has 0 radical (unpaired) electrons. The molecular weight excluding hydrogens is 412 g/mol. The largest absolute Gasteiger partial charge is 0.495 e. The van der Waals surface area contributed by atoms with Crippen molar-refractivity contribution in [1.82, 2.24) is 15.2 Å². The molecule has 0 aliphatic carbocycles. The molecule has 2 aromatic heterocycles. The molecule has 0 aliphatic heterocycles. The average molecular weight is 429 g/mol. The number of carbonyl (C=O) groups excluding carboxylic acids is 1. The summed E-state index contributed by atoms with van der Waals surface area (Å²) in [5.74, 6) is 0.691. The second-order valence-electron chi connectivity index (χ2n) is 6.21. The number of rotatable bonds is 6. The molecule has 0 bridgehead atoms. The number of fused-ring (bicyclic) bond motifs is 1. The number of aromatic amines is 1. The Bertz CT molecular complexity index is 1170. The fraction of sp³-hybridized carbons (Fsp3) is 0.150. The van der Waals surface area contributed by atoms with E-state index in [-0.39, 0.29) is 5.91 Å². The first-order valence-corrected chi connectivity index (χ1v) is 10.0. The molecule has 7 nitrogen and oxygen atoms in total. The maximum atomic E-state index is 12.6.